The van der Waals surface area contributed by atoms with Crippen molar-refractivity contribution in [3.63, 3.8) is 0 Å². The van der Waals surface area contributed by atoms with Gasteiger partial charge in [-0.25, -0.2) is 13.4 Å². The van der Waals surface area contributed by atoms with Crippen LogP contribution in [0.5, 0.6) is 5.75 Å². The fourth-order valence-electron chi connectivity index (χ4n) is 3.96. The molecule has 2 aromatic carbocycles. The second-order valence-electron chi connectivity index (χ2n) is 8.32. The van der Waals surface area contributed by atoms with Crippen molar-refractivity contribution in [2.75, 3.05) is 57.7 Å². The van der Waals surface area contributed by atoms with Gasteiger partial charge in [-0.15, -0.1) is 0 Å². The maximum absolute atomic E-state index is 13.7. The number of hydrogen-bond donors (Lipinski definition) is 0. The summed E-state index contributed by atoms with van der Waals surface area (Å²) < 4.78 is 36.0. The summed E-state index contributed by atoms with van der Waals surface area (Å²) in [5, 5.41) is 0.569. The van der Waals surface area contributed by atoms with E-state index in [2.05, 4.69) is 4.90 Å². The third-order valence-electron chi connectivity index (χ3n) is 5.86. The highest BCUT2D eigenvalue weighted by molar-refractivity contribution is 7.90. The molecule has 1 amide bonds. The molecule has 0 bridgehead atoms. The van der Waals surface area contributed by atoms with Crippen LogP contribution in [0.15, 0.2) is 41.3 Å². The number of benzene rings is 2. The molecule has 0 saturated carbocycles. The Bertz CT molecular complexity index is 1280. The molecule has 0 aliphatic carbocycles. The van der Waals surface area contributed by atoms with Crippen LogP contribution in [0.2, 0.25) is 0 Å². The number of hydrogen-bond acceptors (Lipinski definition) is 8. The van der Waals surface area contributed by atoms with Crippen LogP contribution in [0.4, 0.5) is 5.13 Å². The van der Waals surface area contributed by atoms with Gasteiger partial charge in [-0.3, -0.25) is 14.6 Å². The van der Waals surface area contributed by atoms with Crippen LogP contribution in [0, 0.1) is 6.92 Å². The number of aromatic nitrogens is 1. The number of aryl methyl sites for hydroxylation is 1. The zero-order valence-electron chi connectivity index (χ0n) is 19.6. The highest BCUT2D eigenvalue weighted by atomic mass is 32.2. The van der Waals surface area contributed by atoms with Gasteiger partial charge in [0.05, 0.1) is 29.9 Å². The molecular weight excluding hydrogens is 474 g/mol. The Kier molecular flexibility index (Phi) is 7.51. The molecule has 0 unspecified atom stereocenters. The highest BCUT2D eigenvalue weighted by Crippen LogP contribution is 2.37. The Morgan fingerprint density at radius 1 is 1.24 bits per heavy atom. The first-order valence-electron chi connectivity index (χ1n) is 11.1. The minimum atomic E-state index is -3.43. The lowest BCUT2D eigenvalue weighted by Crippen LogP contribution is -2.39. The van der Waals surface area contributed by atoms with Gasteiger partial charge >= 0.3 is 0 Å². The number of fused-ring (bicyclic) bond motifs is 1. The van der Waals surface area contributed by atoms with Gasteiger partial charge in [0.2, 0.25) is 0 Å². The number of rotatable bonds is 8. The molecule has 34 heavy (non-hydrogen) atoms. The van der Waals surface area contributed by atoms with Crippen molar-refractivity contribution < 1.29 is 22.7 Å². The van der Waals surface area contributed by atoms with E-state index in [-0.39, 0.29) is 10.8 Å². The molecule has 2 heterocycles. The fraction of sp³-hybridized carbons (Fsp3) is 0.417. The molecule has 1 aliphatic rings. The predicted octanol–water partition coefficient (Wildman–Crippen LogP) is 3.39. The van der Waals surface area contributed by atoms with E-state index in [0.717, 1.165) is 61.3 Å². The molecule has 182 valence electrons. The summed E-state index contributed by atoms with van der Waals surface area (Å²) in [4.78, 5) is 22.5. The lowest BCUT2D eigenvalue weighted by atomic mass is 10.2. The number of sulfone groups is 1. The summed E-state index contributed by atoms with van der Waals surface area (Å²) in [5.74, 6) is 0.381. The lowest BCUT2D eigenvalue weighted by molar-refractivity contribution is 0.0376. The number of nitrogens with zero attached hydrogens (tertiary/aromatic N) is 3. The van der Waals surface area contributed by atoms with E-state index in [0.29, 0.717) is 23.0 Å². The first kappa shape index (κ1) is 24.6. The smallest absolute Gasteiger partial charge is 0.260 e. The minimum Gasteiger partial charge on any atom is -0.494 e. The first-order valence-corrected chi connectivity index (χ1v) is 13.8. The Morgan fingerprint density at radius 2 is 2.00 bits per heavy atom. The second kappa shape index (κ2) is 10.4. The molecule has 0 spiro atoms. The zero-order valence-corrected chi connectivity index (χ0v) is 21.2. The number of carbonyl (C=O) groups excluding carboxylic acids is 1. The summed E-state index contributed by atoms with van der Waals surface area (Å²) in [6, 6.07) is 10.0. The van der Waals surface area contributed by atoms with Crippen LogP contribution in [0.3, 0.4) is 0 Å². The number of carbonyl (C=O) groups is 1. The van der Waals surface area contributed by atoms with Gasteiger partial charge in [0, 0.05) is 38.0 Å². The maximum Gasteiger partial charge on any atom is 0.260 e. The number of thiazole rings is 1. The Morgan fingerprint density at radius 3 is 2.71 bits per heavy atom. The van der Waals surface area contributed by atoms with E-state index < -0.39 is 9.84 Å². The summed E-state index contributed by atoms with van der Waals surface area (Å²) >= 11 is 1.44. The van der Waals surface area contributed by atoms with Gasteiger partial charge in [0.1, 0.15) is 11.3 Å². The van der Waals surface area contributed by atoms with Crippen LogP contribution < -0.4 is 9.64 Å². The zero-order chi connectivity index (χ0) is 24.3. The van der Waals surface area contributed by atoms with Gasteiger partial charge in [-0.2, -0.15) is 0 Å². The lowest BCUT2D eigenvalue weighted by Gasteiger charge is -2.27. The number of ether oxygens (including phenoxy) is 2. The number of morpholine rings is 1. The summed E-state index contributed by atoms with van der Waals surface area (Å²) in [5.41, 5.74) is 2.09. The average Bonchev–Trinajstić information content (AvgIpc) is 3.28. The van der Waals surface area contributed by atoms with Crippen molar-refractivity contribution in [2.24, 2.45) is 0 Å². The third-order valence-corrected chi connectivity index (χ3v) is 8.18. The van der Waals surface area contributed by atoms with Crippen LogP contribution >= 0.6 is 11.3 Å². The van der Waals surface area contributed by atoms with Gasteiger partial charge in [0.25, 0.3) is 5.91 Å². The molecule has 0 N–H and O–H groups in total. The van der Waals surface area contributed by atoms with E-state index in [1.807, 2.05) is 19.1 Å². The molecular formula is C24H29N3O5S2. The maximum atomic E-state index is 13.7. The molecule has 0 radical (unpaired) electrons. The van der Waals surface area contributed by atoms with Gasteiger partial charge < -0.3 is 9.47 Å². The van der Waals surface area contributed by atoms with Crippen LogP contribution in [-0.2, 0) is 14.6 Å². The third kappa shape index (κ3) is 5.41. The topological polar surface area (TPSA) is 89.0 Å². The molecule has 4 rings (SSSR count). The fourth-order valence-corrected chi connectivity index (χ4v) is 5.70. The van der Waals surface area contributed by atoms with Crippen LogP contribution in [0.25, 0.3) is 10.2 Å². The quantitative estimate of drug-likeness (QED) is 0.466. The molecule has 0 atom stereocenters. The number of methoxy groups -OCH3 is 1. The largest absolute Gasteiger partial charge is 0.494 e. The van der Waals surface area contributed by atoms with E-state index in [1.54, 1.807) is 24.1 Å². The van der Waals surface area contributed by atoms with Crippen molar-refractivity contribution in [1.29, 1.82) is 0 Å². The highest BCUT2D eigenvalue weighted by Gasteiger charge is 2.24. The standard InChI is InChI=1S/C24H29N3O5S2/c1-17-8-9-20(31-2)21-22(17)33-24(25-21)27(11-5-10-26-12-14-32-15-13-26)23(28)18-6-4-7-19(16-18)34(3,29)30/h4,6-9,16H,5,10-15H2,1-3H3. The minimum absolute atomic E-state index is 0.119. The monoisotopic (exact) mass is 503 g/mol. The first-order chi connectivity index (χ1) is 16.3. The molecule has 8 nitrogen and oxygen atoms in total. The average molecular weight is 504 g/mol. The molecule has 1 aromatic heterocycles. The number of anilines is 1. The van der Waals surface area contributed by atoms with E-state index in [4.69, 9.17) is 14.5 Å². The van der Waals surface area contributed by atoms with Crippen molar-refractivity contribution in [1.82, 2.24) is 9.88 Å². The Labute approximate surface area is 204 Å². The van der Waals surface area contributed by atoms with Crippen LogP contribution in [0.1, 0.15) is 22.3 Å². The summed E-state index contributed by atoms with van der Waals surface area (Å²) in [6.07, 6.45) is 1.89. The predicted molar refractivity (Wildman–Crippen MR) is 134 cm³/mol. The molecule has 3 aromatic rings. The van der Waals surface area contributed by atoms with Gasteiger partial charge in [-0.1, -0.05) is 23.5 Å². The van der Waals surface area contributed by atoms with Crippen molar-refractivity contribution >= 4 is 42.4 Å². The van der Waals surface area contributed by atoms with Crippen LogP contribution in [-0.4, -0.2) is 77.0 Å². The van der Waals surface area contributed by atoms with Crippen molar-refractivity contribution in [3.8, 4) is 5.75 Å². The molecule has 1 saturated heterocycles. The van der Waals surface area contributed by atoms with E-state index >= 15 is 0 Å². The van der Waals surface area contributed by atoms with Crippen molar-refractivity contribution in [3.05, 3.63) is 47.5 Å². The Hall–Kier alpha value is -2.53. The summed E-state index contributed by atoms with van der Waals surface area (Å²) in [6.45, 7) is 6.49. The summed E-state index contributed by atoms with van der Waals surface area (Å²) in [7, 11) is -1.83. The number of amides is 1. The Balaban J connectivity index is 1.67. The SMILES string of the molecule is COc1ccc(C)c2sc(N(CCCN3CCOCC3)C(=O)c3cccc(S(C)(=O)=O)c3)nc12. The van der Waals surface area contributed by atoms with E-state index in [1.165, 1.54) is 23.5 Å². The molecule has 10 heteroatoms. The molecule has 1 aliphatic heterocycles. The molecule has 1 fully saturated rings. The van der Waals surface area contributed by atoms with E-state index in [9.17, 15) is 13.2 Å². The van der Waals surface area contributed by atoms with Crippen molar-refractivity contribution in [2.45, 2.75) is 18.2 Å². The second-order valence-corrected chi connectivity index (χ2v) is 11.3. The normalized spacial score (nSPS) is 14.9. The van der Waals surface area contributed by atoms with Gasteiger partial charge in [0.15, 0.2) is 15.0 Å². The van der Waals surface area contributed by atoms with Gasteiger partial charge in [-0.05, 0) is 43.2 Å².